The van der Waals surface area contributed by atoms with Crippen LogP contribution in [0.4, 0.5) is 0 Å². The van der Waals surface area contributed by atoms with E-state index in [1.807, 2.05) is 11.8 Å². The number of piperidine rings is 1. The second-order valence-corrected chi connectivity index (χ2v) is 8.84. The first-order chi connectivity index (χ1) is 13.5. The molecule has 0 saturated carbocycles. The Morgan fingerprint density at radius 1 is 1.29 bits per heavy atom. The Morgan fingerprint density at radius 3 is 2.57 bits per heavy atom. The van der Waals surface area contributed by atoms with E-state index < -0.39 is 0 Å². The molecule has 1 aliphatic rings. The van der Waals surface area contributed by atoms with Gasteiger partial charge in [0.25, 0.3) is 0 Å². The molecule has 28 heavy (non-hydrogen) atoms. The molecule has 1 saturated heterocycles. The van der Waals surface area contributed by atoms with E-state index in [9.17, 15) is 4.79 Å². The van der Waals surface area contributed by atoms with Gasteiger partial charge in [-0.1, -0.05) is 37.3 Å². The number of likely N-dealkylation sites (tertiary alicyclic amines) is 1. The number of nitrogens with zero attached hydrogens (tertiary/aromatic N) is 3. The predicted molar refractivity (Wildman–Crippen MR) is 120 cm³/mol. The lowest BCUT2D eigenvalue weighted by atomic mass is 10.0. The summed E-state index contributed by atoms with van der Waals surface area (Å²) in [4.78, 5) is 20.5. The molecule has 0 spiro atoms. The fourth-order valence-corrected chi connectivity index (χ4v) is 3.28. The van der Waals surface area contributed by atoms with Crippen LogP contribution in [-0.4, -0.2) is 79.5 Å². The number of amides is 1. The van der Waals surface area contributed by atoms with Gasteiger partial charge >= 0.3 is 0 Å². The van der Waals surface area contributed by atoms with E-state index in [-0.39, 0.29) is 12.5 Å². The Balaban J connectivity index is 1.85. The number of hydrogen-bond acceptors (Lipinski definition) is 4. The molecule has 156 valence electrons. The highest BCUT2D eigenvalue weighted by Gasteiger charge is 2.20. The van der Waals surface area contributed by atoms with Crippen LogP contribution in [0.3, 0.4) is 0 Å². The van der Waals surface area contributed by atoms with Gasteiger partial charge in [0, 0.05) is 51.6 Å². The first-order valence-electron chi connectivity index (χ1n) is 10.0. The molecule has 1 aromatic rings. The maximum Gasteiger partial charge on any atom is 0.243 e. The standard InChI is InChI=1S/C21H35N5OS/c1-17(28-4)14-22-21(23-15-20(27)25(2)3)24-19-10-12-26(13-11-19)16-18-8-6-5-7-9-18/h5-9,17,19H,10-16H2,1-4H3,(H2,22,23,24). The third kappa shape index (κ3) is 8.10. The molecule has 2 rings (SSSR count). The van der Waals surface area contributed by atoms with Crippen molar-refractivity contribution in [1.82, 2.24) is 20.4 Å². The average molecular weight is 406 g/mol. The van der Waals surface area contributed by atoms with Crippen molar-refractivity contribution in [2.24, 2.45) is 4.99 Å². The summed E-state index contributed by atoms with van der Waals surface area (Å²) in [6.45, 7) is 6.33. The highest BCUT2D eigenvalue weighted by molar-refractivity contribution is 7.99. The number of aliphatic imine (C=N–C) groups is 1. The van der Waals surface area contributed by atoms with Gasteiger partial charge in [-0.05, 0) is 24.7 Å². The van der Waals surface area contributed by atoms with Crippen LogP contribution in [0, 0.1) is 0 Å². The number of guanidine groups is 1. The van der Waals surface area contributed by atoms with Gasteiger partial charge < -0.3 is 15.5 Å². The molecule has 6 nitrogen and oxygen atoms in total. The van der Waals surface area contributed by atoms with Crippen molar-refractivity contribution in [2.75, 3.05) is 46.5 Å². The third-order valence-corrected chi connectivity index (χ3v) is 5.98. The minimum atomic E-state index is 0.0108. The molecule has 1 amide bonds. The van der Waals surface area contributed by atoms with Crippen molar-refractivity contribution in [3.05, 3.63) is 35.9 Å². The van der Waals surface area contributed by atoms with Crippen molar-refractivity contribution in [3.8, 4) is 0 Å². The van der Waals surface area contributed by atoms with E-state index in [2.05, 4.69) is 64.0 Å². The highest BCUT2D eigenvalue weighted by atomic mass is 32.2. The summed E-state index contributed by atoms with van der Waals surface area (Å²) in [6.07, 6.45) is 4.26. The lowest BCUT2D eigenvalue weighted by Gasteiger charge is -2.33. The Morgan fingerprint density at radius 2 is 1.96 bits per heavy atom. The van der Waals surface area contributed by atoms with Crippen LogP contribution in [0.1, 0.15) is 25.3 Å². The lowest BCUT2D eigenvalue weighted by molar-refractivity contribution is -0.127. The summed E-state index contributed by atoms with van der Waals surface area (Å²) in [5.74, 6) is 0.759. The molecule has 1 fully saturated rings. The first-order valence-corrected chi connectivity index (χ1v) is 11.3. The fourth-order valence-electron chi connectivity index (χ4n) is 3.03. The van der Waals surface area contributed by atoms with Crippen LogP contribution >= 0.6 is 11.8 Å². The molecule has 1 aliphatic heterocycles. The number of thioether (sulfide) groups is 1. The molecule has 1 atom stereocenters. The summed E-state index contributed by atoms with van der Waals surface area (Å²) >= 11 is 1.82. The highest BCUT2D eigenvalue weighted by Crippen LogP contribution is 2.14. The number of nitrogens with one attached hydrogen (secondary N) is 2. The molecule has 0 bridgehead atoms. The molecule has 2 N–H and O–H groups in total. The largest absolute Gasteiger partial charge is 0.355 e. The van der Waals surface area contributed by atoms with Gasteiger partial charge in [0.1, 0.15) is 6.54 Å². The van der Waals surface area contributed by atoms with Crippen molar-refractivity contribution < 1.29 is 4.79 Å². The molecule has 0 aromatic heterocycles. The molecule has 1 aromatic carbocycles. The zero-order chi connectivity index (χ0) is 20.4. The van der Waals surface area contributed by atoms with Crippen LogP contribution in [-0.2, 0) is 11.3 Å². The van der Waals surface area contributed by atoms with Gasteiger partial charge in [-0.25, -0.2) is 4.99 Å². The lowest BCUT2D eigenvalue weighted by Crippen LogP contribution is -2.49. The summed E-state index contributed by atoms with van der Waals surface area (Å²) in [7, 11) is 3.52. The van der Waals surface area contributed by atoms with E-state index in [1.54, 1.807) is 19.0 Å². The number of rotatable bonds is 8. The molecule has 0 aliphatic carbocycles. The van der Waals surface area contributed by atoms with Crippen LogP contribution in [0.15, 0.2) is 35.3 Å². The minimum absolute atomic E-state index is 0.0108. The normalized spacial score (nSPS) is 17.2. The summed E-state index contributed by atoms with van der Waals surface area (Å²) in [5, 5.41) is 7.43. The van der Waals surface area contributed by atoms with Gasteiger partial charge in [-0.2, -0.15) is 11.8 Å². The van der Waals surface area contributed by atoms with Gasteiger partial charge in [0.2, 0.25) is 5.91 Å². The SMILES string of the molecule is CSC(C)CNC(=NCC(=O)N(C)C)NC1CCN(Cc2ccccc2)CC1. The maximum atomic E-state index is 11.9. The smallest absolute Gasteiger partial charge is 0.243 e. The fraction of sp³-hybridized carbons (Fsp3) is 0.619. The number of hydrogen-bond donors (Lipinski definition) is 2. The van der Waals surface area contributed by atoms with E-state index in [1.165, 1.54) is 5.56 Å². The number of benzene rings is 1. The molecule has 1 unspecified atom stereocenters. The Bertz CT molecular complexity index is 614. The van der Waals surface area contributed by atoms with Gasteiger partial charge in [-0.15, -0.1) is 0 Å². The summed E-state index contributed by atoms with van der Waals surface area (Å²) < 4.78 is 0. The second kappa shape index (κ2) is 12.0. The number of carbonyl (C=O) groups excluding carboxylic acids is 1. The van der Waals surface area contributed by atoms with E-state index >= 15 is 0 Å². The minimum Gasteiger partial charge on any atom is -0.355 e. The van der Waals surface area contributed by atoms with E-state index in [4.69, 9.17) is 0 Å². The summed E-state index contributed by atoms with van der Waals surface area (Å²) in [6, 6.07) is 11.0. The zero-order valence-electron chi connectivity index (χ0n) is 17.6. The van der Waals surface area contributed by atoms with Crippen LogP contribution in [0.2, 0.25) is 0 Å². The molecular weight excluding hydrogens is 370 g/mol. The van der Waals surface area contributed by atoms with Gasteiger partial charge in [0.05, 0.1) is 0 Å². The van der Waals surface area contributed by atoms with Crippen LogP contribution in [0.25, 0.3) is 0 Å². The molecule has 1 heterocycles. The molecule has 0 radical (unpaired) electrons. The third-order valence-electron chi connectivity index (χ3n) is 5.01. The van der Waals surface area contributed by atoms with Crippen LogP contribution in [0.5, 0.6) is 0 Å². The Labute approximate surface area is 174 Å². The first kappa shape index (κ1) is 22.6. The monoisotopic (exact) mass is 405 g/mol. The zero-order valence-corrected chi connectivity index (χ0v) is 18.5. The quantitative estimate of drug-likeness (QED) is 0.512. The second-order valence-electron chi connectivity index (χ2n) is 7.56. The predicted octanol–water partition coefficient (Wildman–Crippen LogP) is 2.03. The molecule has 7 heteroatoms. The summed E-state index contributed by atoms with van der Waals surface area (Å²) in [5.41, 5.74) is 1.37. The number of carbonyl (C=O) groups is 1. The Kier molecular flexibility index (Phi) is 9.64. The maximum absolute atomic E-state index is 11.9. The van der Waals surface area contributed by atoms with E-state index in [0.29, 0.717) is 11.3 Å². The topological polar surface area (TPSA) is 60.0 Å². The van der Waals surface area contributed by atoms with E-state index in [0.717, 1.165) is 45.0 Å². The van der Waals surface area contributed by atoms with Crippen molar-refractivity contribution >= 4 is 23.6 Å². The van der Waals surface area contributed by atoms with Crippen molar-refractivity contribution in [2.45, 2.75) is 37.6 Å². The van der Waals surface area contributed by atoms with Crippen molar-refractivity contribution in [3.63, 3.8) is 0 Å². The van der Waals surface area contributed by atoms with Crippen molar-refractivity contribution in [1.29, 1.82) is 0 Å². The van der Waals surface area contributed by atoms with Gasteiger partial charge in [-0.3, -0.25) is 9.69 Å². The van der Waals surface area contributed by atoms with Gasteiger partial charge in [0.15, 0.2) is 5.96 Å². The average Bonchev–Trinajstić information content (AvgIpc) is 2.71. The number of likely N-dealkylation sites (N-methyl/N-ethyl adjacent to an activating group) is 1. The molecular formula is C21H35N5OS. The van der Waals surface area contributed by atoms with Crippen LogP contribution < -0.4 is 10.6 Å². The Hall–Kier alpha value is -1.73.